The smallest absolute Gasteiger partial charge is 0.343 e. The number of rotatable bonds is 7. The molecule has 0 aliphatic carbocycles. The van der Waals surface area contributed by atoms with Crippen molar-refractivity contribution in [3.63, 3.8) is 0 Å². The Bertz CT molecular complexity index is 892. The zero-order valence-electron chi connectivity index (χ0n) is 15.4. The molecule has 28 heavy (non-hydrogen) atoms. The summed E-state index contributed by atoms with van der Waals surface area (Å²) in [5.74, 6) is 0.461. The van der Waals surface area contributed by atoms with E-state index in [4.69, 9.17) is 19.9 Å². The summed E-state index contributed by atoms with van der Waals surface area (Å²) in [6, 6.07) is 5.19. The van der Waals surface area contributed by atoms with Crippen molar-refractivity contribution in [2.24, 2.45) is 0 Å². The molecule has 1 aromatic heterocycles. The van der Waals surface area contributed by atoms with Gasteiger partial charge in [0.15, 0.2) is 16.7 Å². The van der Waals surface area contributed by atoms with Crippen LogP contribution in [0, 0.1) is 0 Å². The number of thioether (sulfide) groups is 1. The first-order valence-electron chi connectivity index (χ1n) is 8.68. The number of ether oxygens (including phenoxy) is 3. The van der Waals surface area contributed by atoms with Gasteiger partial charge in [-0.25, -0.2) is 14.8 Å². The molecule has 0 spiro atoms. The Hall–Kier alpha value is -3.01. The number of carbonyl (C=O) groups is 2. The molecule has 1 atom stereocenters. The topological polar surface area (TPSA) is 126 Å². The lowest BCUT2D eigenvalue weighted by Gasteiger charge is -2.14. The molecule has 1 amide bonds. The molecule has 1 aromatic carbocycles. The quantitative estimate of drug-likeness (QED) is 0.406. The molecule has 3 N–H and O–H groups in total. The van der Waals surface area contributed by atoms with Gasteiger partial charge in [0.2, 0.25) is 12.7 Å². The molecule has 148 valence electrons. The summed E-state index contributed by atoms with van der Waals surface area (Å²) in [5.41, 5.74) is 6.53. The van der Waals surface area contributed by atoms with E-state index in [1.54, 1.807) is 25.1 Å². The second-order valence-corrected chi connectivity index (χ2v) is 6.91. The van der Waals surface area contributed by atoms with Crippen molar-refractivity contribution in [3.05, 3.63) is 30.0 Å². The van der Waals surface area contributed by atoms with E-state index in [9.17, 15) is 9.59 Å². The van der Waals surface area contributed by atoms with Gasteiger partial charge in [0, 0.05) is 18.0 Å². The molecule has 1 aliphatic rings. The molecule has 0 fully saturated rings. The number of carbonyl (C=O) groups excluding carboxylic acids is 2. The van der Waals surface area contributed by atoms with Gasteiger partial charge in [-0.2, -0.15) is 0 Å². The van der Waals surface area contributed by atoms with Gasteiger partial charge >= 0.3 is 5.97 Å². The highest BCUT2D eigenvalue weighted by atomic mass is 32.2. The van der Waals surface area contributed by atoms with Gasteiger partial charge in [0.1, 0.15) is 11.4 Å². The molecule has 0 bridgehead atoms. The molecule has 3 rings (SSSR count). The molecule has 2 aromatic rings. The fourth-order valence-electron chi connectivity index (χ4n) is 2.45. The van der Waals surface area contributed by atoms with E-state index >= 15 is 0 Å². The number of anilines is 2. The summed E-state index contributed by atoms with van der Waals surface area (Å²) in [5, 5.41) is 2.71. The maximum Gasteiger partial charge on any atom is 0.343 e. The minimum Gasteiger partial charge on any atom is -0.462 e. The standard InChI is InChI=1S/C18H20N4O5S/c1-3-14(16(23)21-10-5-6-12-13(7-10)27-9-26-12)28-18-20-8-11(15(19)22-18)17(24)25-4-2/h5-8,14H,3-4,9H2,1-2H3,(H,21,23)(H2,19,20,22)/t14-/m1/s1. The second-order valence-electron chi connectivity index (χ2n) is 5.74. The lowest BCUT2D eigenvalue weighted by atomic mass is 10.2. The van der Waals surface area contributed by atoms with Gasteiger partial charge in [0.05, 0.1) is 11.9 Å². The number of nitrogens with zero attached hydrogens (tertiary/aromatic N) is 2. The van der Waals surface area contributed by atoms with E-state index in [1.165, 1.54) is 18.0 Å². The summed E-state index contributed by atoms with van der Waals surface area (Å²) in [6.45, 7) is 3.98. The van der Waals surface area contributed by atoms with Crippen LogP contribution >= 0.6 is 11.8 Å². The summed E-state index contributed by atoms with van der Waals surface area (Å²) in [6.07, 6.45) is 1.86. The van der Waals surface area contributed by atoms with E-state index < -0.39 is 11.2 Å². The highest BCUT2D eigenvalue weighted by molar-refractivity contribution is 8.00. The van der Waals surface area contributed by atoms with Crippen LogP contribution in [0.5, 0.6) is 11.5 Å². The summed E-state index contributed by atoms with van der Waals surface area (Å²) in [7, 11) is 0. The maximum atomic E-state index is 12.6. The Morgan fingerprint density at radius 1 is 1.32 bits per heavy atom. The van der Waals surface area contributed by atoms with Crippen LogP contribution in [-0.4, -0.2) is 40.5 Å². The fraction of sp³-hybridized carbons (Fsp3) is 0.333. The molecule has 0 saturated carbocycles. The third-order valence-corrected chi connectivity index (χ3v) is 5.08. The summed E-state index contributed by atoms with van der Waals surface area (Å²) < 4.78 is 15.5. The van der Waals surface area contributed by atoms with Gasteiger partial charge in [-0.05, 0) is 25.5 Å². The Kier molecular flexibility index (Phi) is 6.19. The molecule has 2 heterocycles. The van der Waals surface area contributed by atoms with E-state index in [1.807, 2.05) is 6.92 Å². The molecule has 9 nitrogen and oxygen atoms in total. The molecule has 0 saturated heterocycles. The van der Waals surface area contributed by atoms with Crippen LogP contribution in [0.25, 0.3) is 0 Å². The molecule has 0 radical (unpaired) electrons. The Balaban J connectivity index is 1.67. The first-order valence-corrected chi connectivity index (χ1v) is 9.56. The molecular weight excluding hydrogens is 384 g/mol. The van der Waals surface area contributed by atoms with E-state index in [0.29, 0.717) is 28.8 Å². The number of nitrogen functional groups attached to an aromatic ring is 1. The first kappa shape index (κ1) is 19.7. The summed E-state index contributed by atoms with van der Waals surface area (Å²) in [4.78, 5) is 32.6. The lowest BCUT2D eigenvalue weighted by molar-refractivity contribution is -0.115. The van der Waals surface area contributed by atoms with Crippen LogP contribution in [0.15, 0.2) is 29.6 Å². The van der Waals surface area contributed by atoms with Crippen molar-refractivity contribution in [3.8, 4) is 11.5 Å². The number of fused-ring (bicyclic) bond motifs is 1. The van der Waals surface area contributed by atoms with Crippen molar-refractivity contribution in [2.75, 3.05) is 24.5 Å². The summed E-state index contributed by atoms with van der Waals surface area (Å²) >= 11 is 1.17. The van der Waals surface area contributed by atoms with Crippen LogP contribution in [0.2, 0.25) is 0 Å². The maximum absolute atomic E-state index is 12.6. The van der Waals surface area contributed by atoms with Gasteiger partial charge in [-0.1, -0.05) is 18.7 Å². The third kappa shape index (κ3) is 4.45. The van der Waals surface area contributed by atoms with Crippen LogP contribution in [0.4, 0.5) is 11.5 Å². The van der Waals surface area contributed by atoms with Crippen LogP contribution in [-0.2, 0) is 9.53 Å². The highest BCUT2D eigenvalue weighted by Crippen LogP contribution is 2.34. The van der Waals surface area contributed by atoms with Crippen LogP contribution in [0.1, 0.15) is 30.6 Å². The molecule has 0 unspecified atom stereocenters. The van der Waals surface area contributed by atoms with Crippen molar-refractivity contribution in [1.29, 1.82) is 0 Å². The zero-order valence-corrected chi connectivity index (χ0v) is 16.2. The number of esters is 1. The Morgan fingerprint density at radius 2 is 2.11 bits per heavy atom. The fourth-order valence-corrected chi connectivity index (χ4v) is 3.30. The predicted octanol–water partition coefficient (Wildman–Crippen LogP) is 2.47. The highest BCUT2D eigenvalue weighted by Gasteiger charge is 2.22. The SMILES string of the molecule is CCOC(=O)c1cnc(S[C@H](CC)C(=O)Nc2ccc3c(c2)OCO3)nc1N. The second kappa shape index (κ2) is 8.79. The van der Waals surface area contributed by atoms with Crippen molar-refractivity contribution < 1.29 is 23.8 Å². The van der Waals surface area contributed by atoms with Gasteiger partial charge in [0.25, 0.3) is 0 Å². The number of hydrogen-bond acceptors (Lipinski definition) is 9. The van der Waals surface area contributed by atoms with Gasteiger partial charge in [-0.3, -0.25) is 4.79 Å². The Labute approximate surface area is 166 Å². The van der Waals surface area contributed by atoms with Gasteiger partial charge in [-0.15, -0.1) is 0 Å². The van der Waals surface area contributed by atoms with E-state index in [2.05, 4.69) is 15.3 Å². The monoisotopic (exact) mass is 404 g/mol. The minimum atomic E-state index is -0.579. The number of amides is 1. The largest absolute Gasteiger partial charge is 0.462 e. The van der Waals surface area contributed by atoms with Crippen LogP contribution in [0.3, 0.4) is 0 Å². The normalized spacial score (nSPS) is 13.1. The number of hydrogen-bond donors (Lipinski definition) is 2. The van der Waals surface area contributed by atoms with E-state index in [0.717, 1.165) is 0 Å². The first-order chi connectivity index (χ1) is 13.5. The third-order valence-electron chi connectivity index (χ3n) is 3.84. The molecular formula is C18H20N4O5S. The Morgan fingerprint density at radius 3 is 2.82 bits per heavy atom. The number of aromatic nitrogens is 2. The predicted molar refractivity (Wildman–Crippen MR) is 104 cm³/mol. The number of nitrogens with two attached hydrogens (primary N) is 1. The van der Waals surface area contributed by atoms with E-state index in [-0.39, 0.29) is 30.7 Å². The van der Waals surface area contributed by atoms with Crippen molar-refractivity contribution in [1.82, 2.24) is 9.97 Å². The number of benzene rings is 1. The average Bonchev–Trinajstić information content (AvgIpc) is 3.14. The molecule has 1 aliphatic heterocycles. The van der Waals surface area contributed by atoms with Crippen molar-refractivity contribution in [2.45, 2.75) is 30.7 Å². The van der Waals surface area contributed by atoms with Crippen molar-refractivity contribution >= 4 is 35.1 Å². The molecule has 10 heteroatoms. The zero-order chi connectivity index (χ0) is 20.1. The van der Waals surface area contributed by atoms with Gasteiger partial charge < -0.3 is 25.3 Å². The van der Waals surface area contributed by atoms with Crippen LogP contribution < -0.4 is 20.5 Å². The minimum absolute atomic E-state index is 0.0157. The average molecular weight is 404 g/mol. The lowest BCUT2D eigenvalue weighted by Crippen LogP contribution is -2.25. The number of nitrogens with one attached hydrogen (secondary N) is 1.